The fourth-order valence-electron chi connectivity index (χ4n) is 1.12. The Morgan fingerprint density at radius 1 is 1.57 bits per heavy atom. The summed E-state index contributed by atoms with van der Waals surface area (Å²) < 4.78 is 0. The zero-order valence-corrected chi connectivity index (χ0v) is 9.44. The molecule has 1 aliphatic rings. The summed E-state index contributed by atoms with van der Waals surface area (Å²) in [6, 6.07) is 1.93. The normalized spacial score (nSPS) is 17.9. The molecule has 0 saturated heterocycles. The summed E-state index contributed by atoms with van der Waals surface area (Å²) in [4.78, 5) is 9.79. The molecule has 2 nitrogen and oxygen atoms in total. The lowest BCUT2D eigenvalue weighted by Gasteiger charge is -1.97. The second kappa shape index (κ2) is 4.66. The summed E-state index contributed by atoms with van der Waals surface area (Å²) in [7, 11) is 0. The van der Waals surface area contributed by atoms with Crippen LogP contribution in [0.1, 0.15) is 5.69 Å². The van der Waals surface area contributed by atoms with Crippen molar-refractivity contribution in [1.29, 1.82) is 0 Å². The molecule has 4 heteroatoms. The summed E-state index contributed by atoms with van der Waals surface area (Å²) in [5.41, 5.74) is 0.985. The lowest BCUT2D eigenvalue weighted by atomic mass is 10.3. The Balaban J connectivity index is 2.23. The van der Waals surface area contributed by atoms with Gasteiger partial charge in [-0.15, -0.1) is 11.8 Å². The zero-order chi connectivity index (χ0) is 9.80. The van der Waals surface area contributed by atoms with Gasteiger partial charge in [-0.05, 0) is 18.4 Å². The summed E-state index contributed by atoms with van der Waals surface area (Å²) in [6.07, 6.45) is 10.2. The molecule has 2 rings (SSSR count). The molecule has 0 bridgehead atoms. The summed E-state index contributed by atoms with van der Waals surface area (Å²) in [5, 5.41) is 0.825. The minimum Gasteiger partial charge on any atom is -0.231 e. The third-order valence-electron chi connectivity index (χ3n) is 1.76. The van der Waals surface area contributed by atoms with E-state index in [0.29, 0.717) is 0 Å². The minimum atomic E-state index is 0.825. The summed E-state index contributed by atoms with van der Waals surface area (Å²) >= 11 is 3.40. The molecule has 1 aromatic heterocycles. The van der Waals surface area contributed by atoms with Gasteiger partial charge >= 0.3 is 0 Å². The van der Waals surface area contributed by atoms with Gasteiger partial charge in [-0.3, -0.25) is 0 Å². The zero-order valence-electron chi connectivity index (χ0n) is 7.80. The second-order valence-electron chi connectivity index (χ2n) is 2.73. The van der Waals surface area contributed by atoms with Crippen molar-refractivity contribution in [2.75, 3.05) is 12.0 Å². The second-order valence-corrected chi connectivity index (χ2v) is 4.60. The summed E-state index contributed by atoms with van der Waals surface area (Å²) in [6.45, 7) is 0. The van der Waals surface area contributed by atoms with E-state index in [9.17, 15) is 0 Å². The molecule has 1 aliphatic heterocycles. The van der Waals surface area contributed by atoms with E-state index in [0.717, 1.165) is 16.6 Å². The molecular formula is C10H10N2S2. The Bertz CT molecular complexity index is 385. The van der Waals surface area contributed by atoms with E-state index < -0.39 is 0 Å². The fraction of sp³-hybridized carbons (Fsp3) is 0.200. The van der Waals surface area contributed by atoms with Crippen molar-refractivity contribution >= 4 is 29.6 Å². The van der Waals surface area contributed by atoms with Gasteiger partial charge in [0, 0.05) is 16.9 Å². The third kappa shape index (κ3) is 2.39. The van der Waals surface area contributed by atoms with Gasteiger partial charge in [-0.2, -0.15) is 0 Å². The number of nitrogens with zero attached hydrogens (tertiary/aromatic N) is 2. The van der Waals surface area contributed by atoms with E-state index in [2.05, 4.69) is 28.2 Å². The highest BCUT2D eigenvalue weighted by molar-refractivity contribution is 8.03. The lowest BCUT2D eigenvalue weighted by Crippen LogP contribution is -1.87. The van der Waals surface area contributed by atoms with Crippen molar-refractivity contribution in [3.63, 3.8) is 0 Å². The van der Waals surface area contributed by atoms with Crippen molar-refractivity contribution < 1.29 is 0 Å². The van der Waals surface area contributed by atoms with Crippen molar-refractivity contribution in [2.45, 2.75) is 5.16 Å². The lowest BCUT2D eigenvalue weighted by molar-refractivity contribution is 0.961. The number of hydrogen-bond acceptors (Lipinski definition) is 4. The van der Waals surface area contributed by atoms with Crippen molar-refractivity contribution in [1.82, 2.24) is 9.97 Å². The predicted molar refractivity (Wildman–Crippen MR) is 63.4 cm³/mol. The molecule has 72 valence electrons. The van der Waals surface area contributed by atoms with Crippen LogP contribution in [-0.2, 0) is 0 Å². The van der Waals surface area contributed by atoms with Gasteiger partial charge in [-0.1, -0.05) is 23.9 Å². The first kappa shape index (κ1) is 9.80. The van der Waals surface area contributed by atoms with Crippen LogP contribution in [-0.4, -0.2) is 22.0 Å². The molecule has 0 aromatic carbocycles. The highest BCUT2D eigenvalue weighted by Gasteiger charge is 2.01. The van der Waals surface area contributed by atoms with Gasteiger partial charge in [0.05, 0.1) is 5.69 Å². The van der Waals surface area contributed by atoms with Crippen LogP contribution >= 0.6 is 23.5 Å². The highest BCUT2D eigenvalue weighted by Crippen LogP contribution is 2.25. The summed E-state index contributed by atoms with van der Waals surface area (Å²) in [5.74, 6) is 1.08. The first-order valence-electron chi connectivity index (χ1n) is 4.26. The molecule has 14 heavy (non-hydrogen) atoms. The molecule has 0 spiro atoms. The van der Waals surface area contributed by atoms with Crippen LogP contribution in [0.4, 0.5) is 0 Å². The molecule has 0 aliphatic carbocycles. The van der Waals surface area contributed by atoms with Crippen molar-refractivity contribution in [3.8, 4) is 0 Å². The topological polar surface area (TPSA) is 25.8 Å². The standard InChI is InChI=1S/C10H10N2S2/c1-13-10-11-5-4-8(12-10)7-9-3-2-6-14-9/h2-5,7H,6H2,1H3/b9-7-. The maximum Gasteiger partial charge on any atom is 0.187 e. The Labute approximate surface area is 91.9 Å². The molecule has 0 unspecified atom stereocenters. The smallest absolute Gasteiger partial charge is 0.187 e. The van der Waals surface area contributed by atoms with Gasteiger partial charge in [0.25, 0.3) is 0 Å². The van der Waals surface area contributed by atoms with E-state index >= 15 is 0 Å². The molecule has 1 aromatic rings. The molecule has 0 saturated carbocycles. The van der Waals surface area contributed by atoms with Crippen molar-refractivity contribution in [2.24, 2.45) is 0 Å². The van der Waals surface area contributed by atoms with Crippen LogP contribution in [0.5, 0.6) is 0 Å². The molecule has 0 amide bonds. The van der Waals surface area contributed by atoms with Crippen LogP contribution in [0.15, 0.2) is 34.5 Å². The maximum atomic E-state index is 4.38. The number of rotatable bonds is 2. The number of aromatic nitrogens is 2. The van der Waals surface area contributed by atoms with Gasteiger partial charge in [0.2, 0.25) is 0 Å². The first-order valence-corrected chi connectivity index (χ1v) is 6.47. The van der Waals surface area contributed by atoms with Gasteiger partial charge in [0.15, 0.2) is 5.16 Å². The first-order chi connectivity index (χ1) is 6.88. The molecular weight excluding hydrogens is 212 g/mol. The van der Waals surface area contributed by atoms with Crippen LogP contribution in [0.25, 0.3) is 6.08 Å². The molecule has 0 N–H and O–H groups in total. The third-order valence-corrected chi connectivity index (χ3v) is 3.26. The van der Waals surface area contributed by atoms with Crippen molar-refractivity contribution in [3.05, 3.63) is 35.0 Å². The van der Waals surface area contributed by atoms with Gasteiger partial charge in [-0.25, -0.2) is 9.97 Å². The fourth-order valence-corrected chi connectivity index (χ4v) is 2.27. The molecule has 2 heterocycles. The molecule has 0 atom stereocenters. The minimum absolute atomic E-state index is 0.825. The Kier molecular flexibility index (Phi) is 3.26. The number of hydrogen-bond donors (Lipinski definition) is 0. The molecule has 0 radical (unpaired) electrons. The monoisotopic (exact) mass is 222 g/mol. The quantitative estimate of drug-likeness (QED) is 0.567. The average Bonchev–Trinajstić information content (AvgIpc) is 2.71. The maximum absolute atomic E-state index is 4.38. The number of allylic oxidation sites excluding steroid dienone is 1. The van der Waals surface area contributed by atoms with E-state index in [1.807, 2.05) is 24.1 Å². The van der Waals surface area contributed by atoms with E-state index in [4.69, 9.17) is 0 Å². The van der Waals surface area contributed by atoms with E-state index in [-0.39, 0.29) is 0 Å². The number of thioether (sulfide) groups is 2. The Morgan fingerprint density at radius 2 is 2.50 bits per heavy atom. The molecule has 0 fully saturated rings. The van der Waals surface area contributed by atoms with Crippen LogP contribution < -0.4 is 0 Å². The Morgan fingerprint density at radius 3 is 3.21 bits per heavy atom. The van der Waals surface area contributed by atoms with Crippen LogP contribution in [0.2, 0.25) is 0 Å². The Hall–Kier alpha value is -0.740. The van der Waals surface area contributed by atoms with Gasteiger partial charge < -0.3 is 0 Å². The van der Waals surface area contributed by atoms with Gasteiger partial charge in [0.1, 0.15) is 0 Å². The predicted octanol–water partition coefficient (Wildman–Crippen LogP) is 2.84. The van der Waals surface area contributed by atoms with E-state index in [1.165, 1.54) is 4.91 Å². The highest BCUT2D eigenvalue weighted by atomic mass is 32.2. The van der Waals surface area contributed by atoms with E-state index in [1.54, 1.807) is 18.0 Å². The van der Waals surface area contributed by atoms with Crippen LogP contribution in [0, 0.1) is 0 Å². The largest absolute Gasteiger partial charge is 0.231 e. The van der Waals surface area contributed by atoms with Crippen LogP contribution in [0.3, 0.4) is 0 Å². The average molecular weight is 222 g/mol. The SMILES string of the molecule is CSc1nccc(/C=C2/C=CCS2)n1.